The fourth-order valence-corrected chi connectivity index (χ4v) is 3.86. The average Bonchev–Trinajstić information content (AvgIpc) is 3.23. The highest BCUT2D eigenvalue weighted by molar-refractivity contribution is 6.20. The Morgan fingerprint density at radius 3 is 2.26 bits per heavy atom. The van der Waals surface area contributed by atoms with Crippen LogP contribution in [0.2, 0.25) is 0 Å². The third-order valence-corrected chi connectivity index (χ3v) is 5.70. The molecule has 0 aromatic heterocycles. The van der Waals surface area contributed by atoms with E-state index in [9.17, 15) is 9.90 Å². The van der Waals surface area contributed by atoms with Gasteiger partial charge in [0.1, 0.15) is 41.0 Å². The first-order chi connectivity index (χ1) is 17.1. The largest absolute Gasteiger partial charge is 0.508 e. The van der Waals surface area contributed by atoms with Crippen molar-refractivity contribution in [1.82, 2.24) is 4.90 Å². The molecule has 1 aliphatic heterocycles. The van der Waals surface area contributed by atoms with E-state index in [1.165, 1.54) is 0 Å². The van der Waals surface area contributed by atoms with Gasteiger partial charge in [0.05, 0.1) is 14.2 Å². The minimum absolute atomic E-state index is 0.0619. The van der Waals surface area contributed by atoms with E-state index < -0.39 is 5.97 Å². The molecule has 1 aliphatic rings. The Morgan fingerprint density at radius 1 is 0.971 bits per heavy atom. The van der Waals surface area contributed by atoms with Gasteiger partial charge in [-0.2, -0.15) is 0 Å². The van der Waals surface area contributed by atoms with Crippen LogP contribution in [-0.4, -0.2) is 49.2 Å². The lowest BCUT2D eigenvalue weighted by atomic mass is 10.1. The summed E-state index contributed by atoms with van der Waals surface area (Å²) in [6.45, 7) is 0.861. The summed E-state index contributed by atoms with van der Waals surface area (Å²) >= 11 is 0. The Morgan fingerprint density at radius 2 is 1.66 bits per heavy atom. The number of amidine groups is 1. The fourth-order valence-electron chi connectivity index (χ4n) is 3.86. The number of carbonyl (C=O) groups is 1. The van der Waals surface area contributed by atoms with E-state index in [-0.39, 0.29) is 17.9 Å². The molecule has 0 saturated heterocycles. The van der Waals surface area contributed by atoms with Crippen molar-refractivity contribution < 1.29 is 24.1 Å². The van der Waals surface area contributed by atoms with E-state index in [4.69, 9.17) is 19.2 Å². The molecule has 3 aromatic rings. The molecule has 7 nitrogen and oxygen atoms in total. The summed E-state index contributed by atoms with van der Waals surface area (Å²) in [5.41, 5.74) is 2.76. The van der Waals surface area contributed by atoms with E-state index in [2.05, 4.69) is 12.1 Å². The Hall–Kier alpha value is -4.26. The molecule has 3 aromatic carbocycles. The highest BCUT2D eigenvalue weighted by Gasteiger charge is 2.33. The molecule has 180 valence electrons. The number of hydrogen-bond donors (Lipinski definition) is 1. The van der Waals surface area contributed by atoms with Gasteiger partial charge in [-0.05, 0) is 29.7 Å². The number of benzene rings is 3. The maximum atomic E-state index is 12.7. The molecule has 0 amide bonds. The smallest absolute Gasteiger partial charge is 0.345 e. The number of hydrogen-bond acceptors (Lipinski definition) is 6. The Bertz CT molecular complexity index is 1220. The van der Waals surface area contributed by atoms with E-state index >= 15 is 0 Å². The summed E-state index contributed by atoms with van der Waals surface area (Å²) in [4.78, 5) is 19.5. The van der Waals surface area contributed by atoms with Gasteiger partial charge in [-0.15, -0.1) is 0 Å². The van der Waals surface area contributed by atoms with Crippen molar-refractivity contribution in [1.29, 1.82) is 0 Å². The van der Waals surface area contributed by atoms with E-state index in [0.717, 1.165) is 17.5 Å². The molecule has 0 radical (unpaired) electrons. The van der Waals surface area contributed by atoms with Crippen molar-refractivity contribution in [3.8, 4) is 11.5 Å². The number of rotatable bonds is 9. The number of nitrogens with zero attached hydrogens (tertiary/aromatic N) is 2. The first kappa shape index (κ1) is 23.9. The summed E-state index contributed by atoms with van der Waals surface area (Å²) in [6.07, 6.45) is 0.718. The predicted octanol–water partition coefficient (Wildman–Crippen LogP) is 4.85. The van der Waals surface area contributed by atoms with E-state index in [0.29, 0.717) is 36.1 Å². The summed E-state index contributed by atoms with van der Waals surface area (Å²) in [6, 6.07) is 25.3. The average molecular weight is 473 g/mol. The monoisotopic (exact) mass is 472 g/mol. The zero-order chi connectivity index (χ0) is 24.6. The normalized spacial score (nSPS) is 13.5. The van der Waals surface area contributed by atoms with Gasteiger partial charge in [-0.3, -0.25) is 0 Å². The quantitative estimate of drug-likeness (QED) is 0.273. The number of aliphatic hydroxyl groups is 1. The van der Waals surface area contributed by atoms with Crippen LogP contribution in [-0.2, 0) is 22.5 Å². The molecule has 0 saturated carbocycles. The molecule has 0 aliphatic carbocycles. The first-order valence-electron chi connectivity index (χ1n) is 11.3. The van der Waals surface area contributed by atoms with Gasteiger partial charge in [0.25, 0.3) is 0 Å². The molecule has 35 heavy (non-hydrogen) atoms. The van der Waals surface area contributed by atoms with Gasteiger partial charge in [-0.1, -0.05) is 60.7 Å². The molecule has 1 N–H and O–H groups in total. The van der Waals surface area contributed by atoms with Crippen LogP contribution in [0.3, 0.4) is 0 Å². The molecule has 0 atom stereocenters. The lowest BCUT2D eigenvalue weighted by molar-refractivity contribution is -0.135. The zero-order valence-corrected chi connectivity index (χ0v) is 19.8. The van der Waals surface area contributed by atoms with Crippen molar-refractivity contribution in [3.63, 3.8) is 0 Å². The maximum absolute atomic E-state index is 12.7. The maximum Gasteiger partial charge on any atom is 0.345 e. The number of methoxy groups -OCH3 is 2. The number of ether oxygens (including phenoxy) is 3. The van der Waals surface area contributed by atoms with Crippen LogP contribution in [0.5, 0.6) is 11.5 Å². The van der Waals surface area contributed by atoms with Crippen molar-refractivity contribution in [2.45, 2.75) is 13.0 Å². The SMILES string of the molecule is COc1ccc(N=C(C2=C(O)COC2=O)N(CCc2ccccc2)Cc2ccccc2)c(OC)c1. The molecule has 1 heterocycles. The zero-order valence-electron chi connectivity index (χ0n) is 19.8. The van der Waals surface area contributed by atoms with Crippen LogP contribution in [0.1, 0.15) is 11.1 Å². The summed E-state index contributed by atoms with van der Waals surface area (Å²) in [7, 11) is 3.12. The lowest BCUT2D eigenvalue weighted by Crippen LogP contribution is -2.35. The highest BCUT2D eigenvalue weighted by Crippen LogP contribution is 2.33. The first-order valence-corrected chi connectivity index (χ1v) is 11.3. The summed E-state index contributed by atoms with van der Waals surface area (Å²) in [5, 5.41) is 10.6. The van der Waals surface area contributed by atoms with Crippen LogP contribution in [0.4, 0.5) is 5.69 Å². The van der Waals surface area contributed by atoms with Gasteiger partial charge in [-0.25, -0.2) is 9.79 Å². The number of aliphatic imine (C=N–C) groups is 1. The van der Waals surface area contributed by atoms with Crippen molar-refractivity contribution in [2.75, 3.05) is 27.4 Å². The van der Waals surface area contributed by atoms with E-state index in [1.807, 2.05) is 53.4 Å². The fraction of sp³-hybridized carbons (Fsp3) is 0.214. The van der Waals surface area contributed by atoms with Crippen molar-refractivity contribution >= 4 is 17.5 Å². The van der Waals surface area contributed by atoms with Gasteiger partial charge >= 0.3 is 5.97 Å². The molecule has 7 heteroatoms. The molecule has 0 fully saturated rings. The van der Waals surface area contributed by atoms with Gasteiger partial charge < -0.3 is 24.2 Å². The Kier molecular flexibility index (Phi) is 7.67. The standard InChI is InChI=1S/C28H28N2O5/c1-33-22-13-14-23(25(17-22)34-2)29-27(26-24(31)19-35-28(26)32)30(18-21-11-7-4-8-12-21)16-15-20-9-5-3-6-10-20/h3-14,17,31H,15-16,18-19H2,1-2H3. The van der Waals surface area contributed by atoms with Crippen molar-refractivity contribution in [2.24, 2.45) is 4.99 Å². The van der Waals surface area contributed by atoms with Gasteiger partial charge in [0, 0.05) is 19.2 Å². The molecular formula is C28H28N2O5. The van der Waals surface area contributed by atoms with Crippen LogP contribution in [0.15, 0.2) is 95.2 Å². The molecular weight excluding hydrogens is 444 g/mol. The van der Waals surface area contributed by atoms with Crippen LogP contribution < -0.4 is 9.47 Å². The third-order valence-electron chi connectivity index (χ3n) is 5.70. The molecule has 0 bridgehead atoms. The van der Waals surface area contributed by atoms with Gasteiger partial charge in [0.2, 0.25) is 0 Å². The van der Waals surface area contributed by atoms with Crippen LogP contribution >= 0.6 is 0 Å². The Balaban J connectivity index is 1.80. The van der Waals surface area contributed by atoms with Crippen LogP contribution in [0.25, 0.3) is 0 Å². The second-order valence-corrected chi connectivity index (χ2v) is 8.01. The highest BCUT2D eigenvalue weighted by atomic mass is 16.5. The van der Waals surface area contributed by atoms with Gasteiger partial charge in [0.15, 0.2) is 0 Å². The third kappa shape index (κ3) is 5.81. The number of cyclic esters (lactones) is 1. The number of aliphatic hydroxyl groups excluding tert-OH is 1. The number of carbonyl (C=O) groups excluding carboxylic acids is 1. The topological polar surface area (TPSA) is 80.6 Å². The minimum atomic E-state index is -0.605. The summed E-state index contributed by atoms with van der Waals surface area (Å²) < 4.78 is 16.0. The lowest BCUT2D eigenvalue weighted by Gasteiger charge is -2.27. The Labute approximate surface area is 204 Å². The predicted molar refractivity (Wildman–Crippen MR) is 134 cm³/mol. The molecule has 0 spiro atoms. The van der Waals surface area contributed by atoms with Crippen molar-refractivity contribution in [3.05, 3.63) is 101 Å². The van der Waals surface area contributed by atoms with Crippen LogP contribution in [0, 0.1) is 0 Å². The second kappa shape index (κ2) is 11.2. The second-order valence-electron chi connectivity index (χ2n) is 8.01. The minimum Gasteiger partial charge on any atom is -0.508 e. The molecule has 4 rings (SSSR count). The number of esters is 1. The van der Waals surface area contributed by atoms with E-state index in [1.54, 1.807) is 32.4 Å². The summed E-state index contributed by atoms with van der Waals surface area (Å²) in [5.74, 6) is 0.685. The molecule has 0 unspecified atom stereocenters.